The largest absolute Gasteiger partial charge is 0.323 e. The zero-order chi connectivity index (χ0) is 26.0. The van der Waals surface area contributed by atoms with Crippen LogP contribution in [0.15, 0.2) is 42.5 Å². The number of aromatic nitrogens is 5. The Labute approximate surface area is 221 Å². The van der Waals surface area contributed by atoms with E-state index in [9.17, 15) is 4.79 Å². The molecular formula is C28H30ClN7O. The fraction of sp³-hybridized carbons (Fsp3) is 0.357. The summed E-state index contributed by atoms with van der Waals surface area (Å²) in [6.45, 7) is 8.17. The molecule has 2 aliphatic rings. The summed E-state index contributed by atoms with van der Waals surface area (Å²) in [6, 6.07) is 11.6. The Balaban J connectivity index is 1.58. The van der Waals surface area contributed by atoms with E-state index >= 15 is 0 Å². The van der Waals surface area contributed by atoms with Crippen LogP contribution >= 0.6 is 11.6 Å². The molecule has 0 fully saturated rings. The number of benzene rings is 2. The second-order valence-electron chi connectivity index (χ2n) is 10.3. The highest BCUT2D eigenvalue weighted by molar-refractivity contribution is 6.30. The number of anilines is 1. The first kappa shape index (κ1) is 23.9. The predicted octanol–water partition coefficient (Wildman–Crippen LogP) is 5.18. The number of nitrogens with zero attached hydrogens (tertiary/aromatic N) is 7. The first-order valence-electron chi connectivity index (χ1n) is 12.6. The quantitative estimate of drug-likeness (QED) is 0.374. The highest BCUT2D eigenvalue weighted by Gasteiger charge is 2.45. The van der Waals surface area contributed by atoms with Crippen LogP contribution in [-0.2, 0) is 7.05 Å². The van der Waals surface area contributed by atoms with Crippen molar-refractivity contribution < 1.29 is 4.79 Å². The van der Waals surface area contributed by atoms with Crippen molar-refractivity contribution in [2.75, 3.05) is 25.0 Å². The summed E-state index contributed by atoms with van der Waals surface area (Å²) in [5.74, 6) is 0.806. The van der Waals surface area contributed by atoms with Crippen LogP contribution in [0, 0.1) is 6.92 Å². The lowest BCUT2D eigenvalue weighted by Crippen LogP contribution is -2.31. The lowest BCUT2D eigenvalue weighted by Gasteiger charge is -2.29. The van der Waals surface area contributed by atoms with Gasteiger partial charge in [-0.05, 0) is 75.2 Å². The third kappa shape index (κ3) is 3.78. The van der Waals surface area contributed by atoms with Gasteiger partial charge in [-0.1, -0.05) is 35.0 Å². The van der Waals surface area contributed by atoms with Crippen molar-refractivity contribution in [2.45, 2.75) is 39.3 Å². The Bertz CT molecular complexity index is 1560. The number of aryl methyl sites for hydroxylation is 2. The number of carbonyl (C=O) groups excluding carboxylic acids is 1. The Hall–Kier alpha value is -3.49. The van der Waals surface area contributed by atoms with Gasteiger partial charge in [-0.2, -0.15) is 0 Å². The maximum Gasteiger partial charge on any atom is 0.279 e. The highest BCUT2D eigenvalue weighted by Crippen LogP contribution is 2.45. The van der Waals surface area contributed by atoms with E-state index in [0.717, 1.165) is 58.9 Å². The molecule has 0 saturated heterocycles. The summed E-state index contributed by atoms with van der Waals surface area (Å²) in [7, 11) is 3.99. The van der Waals surface area contributed by atoms with E-state index in [0.29, 0.717) is 10.7 Å². The van der Waals surface area contributed by atoms with Crippen molar-refractivity contribution in [3.8, 4) is 0 Å². The minimum absolute atomic E-state index is 0.0991. The molecule has 9 heteroatoms. The monoisotopic (exact) mass is 515 g/mol. The van der Waals surface area contributed by atoms with Crippen LogP contribution in [0.3, 0.4) is 0 Å². The molecule has 4 heterocycles. The topological polar surface area (TPSA) is 72.1 Å². The zero-order valence-electron chi connectivity index (χ0n) is 21.7. The summed E-state index contributed by atoms with van der Waals surface area (Å²) in [5.41, 5.74) is 7.12. The van der Waals surface area contributed by atoms with E-state index in [1.165, 1.54) is 5.57 Å². The second kappa shape index (κ2) is 8.82. The summed E-state index contributed by atoms with van der Waals surface area (Å²) < 4.78 is 4.01. The van der Waals surface area contributed by atoms with Gasteiger partial charge in [0.05, 0.1) is 11.2 Å². The first-order chi connectivity index (χ1) is 17.7. The number of hydrogen-bond acceptors (Lipinski definition) is 5. The number of hydrogen-bond donors (Lipinski definition) is 0. The molecule has 1 atom stereocenters. The summed E-state index contributed by atoms with van der Waals surface area (Å²) in [5, 5.41) is 9.14. The lowest BCUT2D eigenvalue weighted by atomic mass is 10.0. The first-order valence-corrected chi connectivity index (χ1v) is 13.0. The van der Waals surface area contributed by atoms with Crippen molar-refractivity contribution in [1.82, 2.24) is 29.4 Å². The molecule has 6 rings (SSSR count). The molecule has 1 unspecified atom stereocenters. The molecule has 190 valence electrons. The van der Waals surface area contributed by atoms with E-state index in [-0.39, 0.29) is 18.0 Å². The average molecular weight is 516 g/mol. The molecule has 37 heavy (non-hydrogen) atoms. The van der Waals surface area contributed by atoms with Gasteiger partial charge in [0.15, 0.2) is 5.69 Å². The summed E-state index contributed by atoms with van der Waals surface area (Å²) in [6.07, 6.45) is 3.15. The van der Waals surface area contributed by atoms with E-state index in [2.05, 4.69) is 46.8 Å². The fourth-order valence-electron chi connectivity index (χ4n) is 5.58. The molecular weight excluding hydrogens is 486 g/mol. The maximum absolute atomic E-state index is 14.2. The van der Waals surface area contributed by atoms with E-state index in [1.807, 2.05) is 55.3 Å². The molecule has 0 aliphatic carbocycles. The van der Waals surface area contributed by atoms with E-state index < -0.39 is 0 Å². The average Bonchev–Trinajstić information content (AvgIpc) is 3.52. The highest BCUT2D eigenvalue weighted by atomic mass is 35.5. The SMILES string of the molecule is Cc1cc(N2C(=O)c3nc(C4=CCN(C)CC4)n(C(C)C)c3C2c2ccc(Cl)cc2)cc2c1nnn2C. The van der Waals surface area contributed by atoms with E-state index in [4.69, 9.17) is 16.6 Å². The number of fused-ring (bicyclic) bond motifs is 2. The van der Waals surface area contributed by atoms with Crippen molar-refractivity contribution in [1.29, 1.82) is 0 Å². The number of carbonyl (C=O) groups is 1. The smallest absolute Gasteiger partial charge is 0.279 e. The summed E-state index contributed by atoms with van der Waals surface area (Å²) >= 11 is 6.26. The maximum atomic E-state index is 14.2. The van der Waals surface area contributed by atoms with Gasteiger partial charge in [0, 0.05) is 36.9 Å². The Kier molecular flexibility index (Phi) is 5.69. The van der Waals surface area contributed by atoms with Crippen LogP contribution in [0.25, 0.3) is 16.6 Å². The van der Waals surface area contributed by atoms with Gasteiger partial charge in [-0.25, -0.2) is 9.67 Å². The Morgan fingerprint density at radius 3 is 2.54 bits per heavy atom. The number of imidazole rings is 1. The Morgan fingerprint density at radius 1 is 1.11 bits per heavy atom. The van der Waals surface area contributed by atoms with Crippen molar-refractivity contribution in [2.24, 2.45) is 7.05 Å². The van der Waals surface area contributed by atoms with Gasteiger partial charge in [0.1, 0.15) is 17.4 Å². The third-order valence-electron chi connectivity index (χ3n) is 7.46. The van der Waals surface area contributed by atoms with Gasteiger partial charge in [-0.15, -0.1) is 5.10 Å². The van der Waals surface area contributed by atoms with Crippen LogP contribution in [0.2, 0.25) is 5.02 Å². The van der Waals surface area contributed by atoms with Crippen LogP contribution in [0.1, 0.15) is 65.5 Å². The van der Waals surface area contributed by atoms with Gasteiger partial charge >= 0.3 is 0 Å². The minimum Gasteiger partial charge on any atom is -0.323 e. The molecule has 2 aromatic heterocycles. The zero-order valence-corrected chi connectivity index (χ0v) is 22.5. The predicted molar refractivity (Wildman–Crippen MR) is 146 cm³/mol. The lowest BCUT2D eigenvalue weighted by molar-refractivity contribution is 0.0989. The van der Waals surface area contributed by atoms with Crippen LogP contribution < -0.4 is 4.90 Å². The summed E-state index contributed by atoms with van der Waals surface area (Å²) in [4.78, 5) is 23.4. The molecule has 0 saturated carbocycles. The third-order valence-corrected chi connectivity index (χ3v) is 7.71. The normalized spacial score (nSPS) is 18.2. The number of amides is 1. The van der Waals surface area contributed by atoms with Crippen LogP contribution in [-0.4, -0.2) is 55.5 Å². The molecule has 2 aliphatic heterocycles. The minimum atomic E-state index is -0.340. The van der Waals surface area contributed by atoms with Gasteiger partial charge in [-0.3, -0.25) is 9.69 Å². The van der Waals surface area contributed by atoms with Crippen molar-refractivity contribution >= 4 is 39.8 Å². The molecule has 2 aromatic carbocycles. The number of halogens is 1. The molecule has 0 radical (unpaired) electrons. The van der Waals surface area contributed by atoms with Crippen molar-refractivity contribution in [3.05, 3.63) is 75.8 Å². The van der Waals surface area contributed by atoms with Crippen LogP contribution in [0.5, 0.6) is 0 Å². The number of likely N-dealkylation sites (N-methyl/N-ethyl adjacent to an activating group) is 1. The van der Waals surface area contributed by atoms with E-state index in [1.54, 1.807) is 4.68 Å². The molecule has 8 nitrogen and oxygen atoms in total. The van der Waals surface area contributed by atoms with Crippen LogP contribution in [0.4, 0.5) is 5.69 Å². The fourth-order valence-corrected chi connectivity index (χ4v) is 5.70. The second-order valence-corrected chi connectivity index (χ2v) is 10.8. The van der Waals surface area contributed by atoms with Gasteiger partial charge < -0.3 is 9.47 Å². The van der Waals surface area contributed by atoms with Crippen molar-refractivity contribution in [3.63, 3.8) is 0 Å². The Morgan fingerprint density at radius 2 is 1.86 bits per heavy atom. The number of rotatable bonds is 4. The van der Waals surface area contributed by atoms with Gasteiger partial charge in [0.25, 0.3) is 5.91 Å². The molecule has 1 amide bonds. The standard InChI is InChI=1S/C28H30ClN7O/c1-16(2)35-26-24(30-27(35)19-10-12-33(4)13-11-19)28(37)36(25(26)18-6-8-20(29)9-7-18)21-14-17(3)23-22(15-21)34(5)32-31-23/h6-10,14-16,25H,11-13H2,1-5H3. The molecule has 4 aromatic rings. The molecule has 0 bridgehead atoms. The molecule has 0 N–H and O–H groups in total. The van der Waals surface area contributed by atoms with Gasteiger partial charge in [0.2, 0.25) is 0 Å². The molecule has 0 spiro atoms.